The number of ether oxygens (including phenoxy) is 2. The van der Waals surface area contributed by atoms with Crippen LogP contribution in [-0.2, 0) is 32.4 Å². The number of carbonyl (C=O) groups is 1. The van der Waals surface area contributed by atoms with Crippen molar-refractivity contribution in [2.24, 2.45) is 10.6 Å². The number of nitrogens with two attached hydrogens (primary N) is 1. The molecule has 0 aromatic heterocycles. The Balaban J connectivity index is 1.48. The van der Waals surface area contributed by atoms with Crippen molar-refractivity contribution >= 4 is 15.9 Å². The van der Waals surface area contributed by atoms with Crippen molar-refractivity contribution in [2.45, 2.75) is 30.6 Å². The van der Waals surface area contributed by atoms with E-state index in [0.717, 1.165) is 16.7 Å². The van der Waals surface area contributed by atoms with Gasteiger partial charge in [0.25, 0.3) is 0 Å². The Labute approximate surface area is 216 Å². The van der Waals surface area contributed by atoms with Gasteiger partial charge in [-0.3, -0.25) is 4.79 Å². The zero-order valence-electron chi connectivity index (χ0n) is 20.7. The number of benzene rings is 3. The van der Waals surface area contributed by atoms with Crippen LogP contribution in [0, 0.1) is 11.2 Å². The third-order valence-electron chi connectivity index (χ3n) is 6.82. The van der Waals surface area contributed by atoms with Crippen LogP contribution in [0.5, 0.6) is 5.75 Å². The van der Waals surface area contributed by atoms with Crippen LogP contribution in [-0.4, -0.2) is 41.2 Å². The predicted octanol–water partition coefficient (Wildman–Crippen LogP) is 3.85. The van der Waals surface area contributed by atoms with Crippen LogP contribution in [0.4, 0.5) is 4.39 Å². The van der Waals surface area contributed by atoms with E-state index in [1.807, 2.05) is 24.3 Å². The molecule has 1 aliphatic rings. The molecule has 9 heteroatoms. The summed E-state index contributed by atoms with van der Waals surface area (Å²) < 4.78 is 47.8. The predicted molar refractivity (Wildman–Crippen MR) is 139 cm³/mol. The van der Waals surface area contributed by atoms with Gasteiger partial charge in [-0.1, -0.05) is 36.4 Å². The summed E-state index contributed by atoms with van der Waals surface area (Å²) in [7, 11) is -2.19. The summed E-state index contributed by atoms with van der Waals surface area (Å²) >= 11 is 0. The summed E-state index contributed by atoms with van der Waals surface area (Å²) in [6, 6.07) is 18.5. The third kappa shape index (κ3) is 6.54. The number of hydrogen-bond donors (Lipinski definition) is 2. The first-order chi connectivity index (χ1) is 17.7. The van der Waals surface area contributed by atoms with Gasteiger partial charge in [0.2, 0.25) is 15.9 Å². The zero-order valence-corrected chi connectivity index (χ0v) is 21.5. The largest absolute Gasteiger partial charge is 0.496 e. The summed E-state index contributed by atoms with van der Waals surface area (Å²) in [4.78, 5) is 13.5. The summed E-state index contributed by atoms with van der Waals surface area (Å²) in [6.45, 7) is 1.41. The molecular formula is C28H31FN2O5S. The van der Waals surface area contributed by atoms with E-state index >= 15 is 0 Å². The monoisotopic (exact) mass is 526 g/mol. The van der Waals surface area contributed by atoms with Crippen molar-refractivity contribution in [3.8, 4) is 16.9 Å². The Hall–Kier alpha value is -3.27. The van der Waals surface area contributed by atoms with Gasteiger partial charge in [0.05, 0.1) is 17.4 Å². The van der Waals surface area contributed by atoms with Crippen LogP contribution in [0.15, 0.2) is 71.6 Å². The van der Waals surface area contributed by atoms with Gasteiger partial charge in [0.15, 0.2) is 0 Å². The van der Waals surface area contributed by atoms with Gasteiger partial charge < -0.3 is 14.8 Å². The Morgan fingerprint density at radius 2 is 1.78 bits per heavy atom. The Morgan fingerprint density at radius 1 is 1.05 bits per heavy atom. The average molecular weight is 527 g/mol. The van der Waals surface area contributed by atoms with E-state index in [4.69, 9.17) is 14.6 Å². The number of nitrogens with one attached hydrogen (secondary N) is 1. The number of hydrogen-bond acceptors (Lipinski definition) is 5. The number of amides is 1. The van der Waals surface area contributed by atoms with Crippen molar-refractivity contribution in [3.63, 3.8) is 0 Å². The van der Waals surface area contributed by atoms with Crippen molar-refractivity contribution in [3.05, 3.63) is 83.7 Å². The fraction of sp³-hybridized carbons (Fsp3) is 0.321. The third-order valence-corrected chi connectivity index (χ3v) is 7.75. The summed E-state index contributed by atoms with van der Waals surface area (Å²) in [5.41, 5.74) is 2.72. The highest BCUT2D eigenvalue weighted by atomic mass is 32.2. The molecule has 37 heavy (non-hydrogen) atoms. The highest BCUT2D eigenvalue weighted by Gasteiger charge is 2.40. The van der Waals surface area contributed by atoms with Gasteiger partial charge >= 0.3 is 0 Å². The molecule has 3 aromatic rings. The smallest absolute Gasteiger partial charge is 0.238 e. The minimum Gasteiger partial charge on any atom is -0.496 e. The lowest BCUT2D eigenvalue weighted by molar-refractivity contribution is -0.136. The molecule has 3 N–H and O–H groups in total. The molecular weight excluding hydrogens is 495 g/mol. The molecule has 1 aliphatic heterocycles. The SMILES string of the molecule is COc1ccc(F)cc1-c1cccc(CC2(C(=O)NCCc3ccc(S(N)(=O)=O)cc3)CCOCC2)c1. The summed E-state index contributed by atoms with van der Waals surface area (Å²) in [5, 5.41) is 8.22. The van der Waals surface area contributed by atoms with Crippen molar-refractivity contribution in [2.75, 3.05) is 26.9 Å². The second-order valence-corrected chi connectivity index (χ2v) is 10.9. The minimum atomic E-state index is -3.74. The van der Waals surface area contributed by atoms with E-state index in [0.29, 0.717) is 56.8 Å². The van der Waals surface area contributed by atoms with E-state index in [2.05, 4.69) is 5.32 Å². The van der Waals surface area contributed by atoms with Crippen LogP contribution in [0.2, 0.25) is 0 Å². The van der Waals surface area contributed by atoms with Gasteiger partial charge in [-0.25, -0.2) is 17.9 Å². The molecule has 0 unspecified atom stereocenters. The molecule has 0 atom stereocenters. The van der Waals surface area contributed by atoms with Crippen LogP contribution in [0.25, 0.3) is 11.1 Å². The number of carbonyl (C=O) groups excluding carboxylic acids is 1. The molecule has 0 aliphatic carbocycles. The number of rotatable bonds is 9. The standard InChI is InChI=1S/C28H31FN2O5S/c1-35-26-10-7-23(29)18-25(26)22-4-2-3-21(17-22)19-28(12-15-36-16-13-28)27(32)31-14-11-20-5-8-24(9-6-20)37(30,33)34/h2-10,17-18H,11-16,19H2,1H3,(H,31,32)(H2,30,33,34). The molecule has 4 rings (SSSR count). The first-order valence-corrected chi connectivity index (χ1v) is 13.7. The maximum Gasteiger partial charge on any atom is 0.238 e. The van der Waals surface area contributed by atoms with Crippen LogP contribution >= 0.6 is 0 Å². The summed E-state index contributed by atoms with van der Waals surface area (Å²) in [5.74, 6) is 0.195. The van der Waals surface area contributed by atoms with E-state index in [9.17, 15) is 17.6 Å². The van der Waals surface area contributed by atoms with Crippen LogP contribution < -0.4 is 15.2 Å². The Bertz CT molecular complexity index is 1350. The molecule has 196 valence electrons. The molecule has 1 heterocycles. The van der Waals surface area contributed by atoms with E-state index in [1.54, 1.807) is 25.3 Å². The van der Waals surface area contributed by atoms with Crippen molar-refractivity contribution < 1.29 is 27.1 Å². The molecule has 0 saturated carbocycles. The minimum absolute atomic E-state index is 0.0364. The fourth-order valence-corrected chi connectivity index (χ4v) is 5.26. The van der Waals surface area contributed by atoms with Gasteiger partial charge in [-0.05, 0) is 72.7 Å². The number of sulfonamides is 1. The average Bonchev–Trinajstić information content (AvgIpc) is 2.89. The quantitative estimate of drug-likeness (QED) is 0.441. The van der Waals surface area contributed by atoms with Crippen molar-refractivity contribution in [1.82, 2.24) is 5.32 Å². The number of primary sulfonamides is 1. The molecule has 0 radical (unpaired) electrons. The van der Waals surface area contributed by atoms with E-state index in [1.165, 1.54) is 24.3 Å². The highest BCUT2D eigenvalue weighted by Crippen LogP contribution is 2.37. The molecule has 1 fully saturated rings. The molecule has 0 bridgehead atoms. The fourth-order valence-electron chi connectivity index (χ4n) is 4.75. The zero-order chi connectivity index (χ0) is 26.5. The molecule has 1 amide bonds. The topological polar surface area (TPSA) is 108 Å². The number of methoxy groups -OCH3 is 1. The molecule has 7 nitrogen and oxygen atoms in total. The Kier molecular flexibility index (Phi) is 8.26. The normalized spacial score (nSPS) is 15.2. The highest BCUT2D eigenvalue weighted by molar-refractivity contribution is 7.89. The first-order valence-electron chi connectivity index (χ1n) is 12.1. The molecule has 3 aromatic carbocycles. The van der Waals surface area contributed by atoms with Crippen LogP contribution in [0.1, 0.15) is 24.0 Å². The van der Waals surface area contributed by atoms with E-state index < -0.39 is 15.4 Å². The maximum atomic E-state index is 14.0. The van der Waals surface area contributed by atoms with Crippen LogP contribution in [0.3, 0.4) is 0 Å². The van der Waals surface area contributed by atoms with Gasteiger partial charge in [0, 0.05) is 25.3 Å². The lowest BCUT2D eigenvalue weighted by Crippen LogP contribution is -2.46. The van der Waals surface area contributed by atoms with Gasteiger partial charge in [-0.2, -0.15) is 0 Å². The molecule has 0 spiro atoms. The van der Waals surface area contributed by atoms with Gasteiger partial charge in [-0.15, -0.1) is 0 Å². The lowest BCUT2D eigenvalue weighted by Gasteiger charge is -2.36. The maximum absolute atomic E-state index is 14.0. The first kappa shape index (κ1) is 26.8. The molecule has 1 saturated heterocycles. The lowest BCUT2D eigenvalue weighted by atomic mass is 9.74. The van der Waals surface area contributed by atoms with E-state index in [-0.39, 0.29) is 16.6 Å². The van der Waals surface area contributed by atoms with Gasteiger partial charge in [0.1, 0.15) is 11.6 Å². The van der Waals surface area contributed by atoms with Crippen molar-refractivity contribution in [1.29, 1.82) is 0 Å². The Morgan fingerprint density at radius 3 is 2.46 bits per heavy atom. The summed E-state index contributed by atoms with van der Waals surface area (Å²) in [6.07, 6.45) is 2.26. The second kappa shape index (κ2) is 11.4. The second-order valence-electron chi connectivity index (χ2n) is 9.31. The number of halogens is 1.